The highest BCUT2D eigenvalue weighted by atomic mass is 16.3. The first-order chi connectivity index (χ1) is 26.4. The van der Waals surface area contributed by atoms with Gasteiger partial charge in [-0.05, 0) is 132 Å². The summed E-state index contributed by atoms with van der Waals surface area (Å²) in [5.41, 5.74) is 18.6. The molecule has 8 heteroatoms. The highest BCUT2D eigenvalue weighted by Gasteiger charge is 2.17. The number of pyridine rings is 2. The fourth-order valence-corrected chi connectivity index (χ4v) is 7.84. The molecule has 10 rings (SSSR count). The van der Waals surface area contributed by atoms with E-state index in [4.69, 9.17) is 4.42 Å². The molecule has 0 aliphatic heterocycles. The number of fused-ring (bicyclic) bond motifs is 4. The molecule has 0 bridgehead atoms. The lowest BCUT2D eigenvalue weighted by Crippen LogP contribution is -1.98. The van der Waals surface area contributed by atoms with Crippen molar-refractivity contribution in [3.63, 3.8) is 0 Å². The number of hydrogen-bond acceptors (Lipinski definition) is 7. The Kier molecular flexibility index (Phi) is 7.20. The van der Waals surface area contributed by atoms with Gasteiger partial charge >= 0.3 is 0 Å². The van der Waals surface area contributed by atoms with Crippen LogP contribution in [0.1, 0.15) is 22.3 Å². The van der Waals surface area contributed by atoms with E-state index in [9.17, 15) is 0 Å². The van der Waals surface area contributed by atoms with Crippen LogP contribution in [0.2, 0.25) is 0 Å². The van der Waals surface area contributed by atoms with Crippen LogP contribution in [0.25, 0.3) is 93.9 Å². The molecule has 54 heavy (non-hydrogen) atoms. The summed E-state index contributed by atoms with van der Waals surface area (Å²) in [6.07, 6.45) is 14.7. The zero-order valence-corrected chi connectivity index (χ0v) is 30.2. The Morgan fingerprint density at radius 3 is 1.52 bits per heavy atom. The van der Waals surface area contributed by atoms with Crippen LogP contribution in [-0.4, -0.2) is 34.9 Å². The van der Waals surface area contributed by atoms with Gasteiger partial charge in [0.2, 0.25) is 0 Å². The smallest absolute Gasteiger partial charge is 0.135 e. The van der Waals surface area contributed by atoms with Crippen LogP contribution >= 0.6 is 0 Å². The number of aromatic nitrogens is 7. The monoisotopic (exact) mass is 699 g/mol. The second kappa shape index (κ2) is 12.3. The van der Waals surface area contributed by atoms with E-state index in [1.54, 1.807) is 31.1 Å². The van der Waals surface area contributed by atoms with Crippen molar-refractivity contribution in [1.29, 1.82) is 0 Å². The first kappa shape index (κ1) is 31.7. The Balaban J connectivity index is 1.14. The third-order valence-corrected chi connectivity index (χ3v) is 11.1. The Labute approximate surface area is 310 Å². The van der Waals surface area contributed by atoms with Crippen molar-refractivity contribution in [2.24, 2.45) is 0 Å². The zero-order valence-electron chi connectivity index (χ0n) is 30.2. The van der Waals surface area contributed by atoms with Crippen molar-refractivity contribution in [1.82, 2.24) is 34.9 Å². The van der Waals surface area contributed by atoms with E-state index >= 15 is 0 Å². The summed E-state index contributed by atoms with van der Waals surface area (Å²) >= 11 is 0. The lowest BCUT2D eigenvalue weighted by Gasteiger charge is -2.19. The van der Waals surface area contributed by atoms with Crippen LogP contribution in [-0.2, 0) is 0 Å². The number of benzene rings is 4. The number of furan rings is 1. The predicted molar refractivity (Wildman–Crippen MR) is 216 cm³/mol. The molecular formula is C46H33N7O. The van der Waals surface area contributed by atoms with Gasteiger partial charge in [-0.3, -0.25) is 9.97 Å². The van der Waals surface area contributed by atoms with Gasteiger partial charge in [0.25, 0.3) is 0 Å². The van der Waals surface area contributed by atoms with Crippen molar-refractivity contribution >= 4 is 43.7 Å². The van der Waals surface area contributed by atoms with E-state index in [1.807, 2.05) is 18.5 Å². The van der Waals surface area contributed by atoms with E-state index in [-0.39, 0.29) is 0 Å². The molecule has 0 aliphatic carbocycles. The minimum absolute atomic E-state index is 0.830. The third kappa shape index (κ3) is 5.14. The largest absolute Gasteiger partial charge is 0.464 e. The molecule has 0 N–H and O–H groups in total. The SMILES string of the molecule is Cc1c(-c2cc(-c3ccc(-c4cnc5cnncc5c4)c(C)c3C)cc(-n3ccc4cc5ccoc5cc43)c2)ccc(-c2cnc3cnncc3c2)c1C. The van der Waals surface area contributed by atoms with Crippen molar-refractivity contribution in [2.45, 2.75) is 27.7 Å². The van der Waals surface area contributed by atoms with E-state index in [0.717, 1.165) is 82.7 Å². The Morgan fingerprint density at radius 1 is 0.444 bits per heavy atom. The van der Waals surface area contributed by atoms with Crippen LogP contribution in [0.15, 0.2) is 133 Å². The molecule has 0 radical (unpaired) electrons. The van der Waals surface area contributed by atoms with Gasteiger partial charge in [-0.25, -0.2) is 0 Å². The maximum Gasteiger partial charge on any atom is 0.135 e. The van der Waals surface area contributed by atoms with Crippen LogP contribution in [0.3, 0.4) is 0 Å². The van der Waals surface area contributed by atoms with Crippen LogP contribution in [0.4, 0.5) is 0 Å². The topological polar surface area (TPSA) is 95.4 Å². The fourth-order valence-electron chi connectivity index (χ4n) is 7.84. The maximum atomic E-state index is 5.84. The van der Waals surface area contributed by atoms with Crippen molar-refractivity contribution in [3.05, 3.63) is 151 Å². The van der Waals surface area contributed by atoms with Gasteiger partial charge < -0.3 is 8.98 Å². The van der Waals surface area contributed by atoms with Crippen LogP contribution < -0.4 is 0 Å². The van der Waals surface area contributed by atoms with Gasteiger partial charge in [0.05, 0.1) is 47.6 Å². The lowest BCUT2D eigenvalue weighted by atomic mass is 9.87. The molecule has 0 unspecified atom stereocenters. The Morgan fingerprint density at radius 2 is 0.963 bits per heavy atom. The molecule has 0 amide bonds. The van der Waals surface area contributed by atoms with Crippen molar-refractivity contribution in [3.8, 4) is 50.2 Å². The van der Waals surface area contributed by atoms with Crippen LogP contribution in [0.5, 0.6) is 0 Å². The van der Waals surface area contributed by atoms with E-state index in [1.165, 1.54) is 33.4 Å². The minimum atomic E-state index is 0.830. The summed E-state index contributed by atoms with van der Waals surface area (Å²) in [5.74, 6) is 0. The molecule has 0 saturated carbocycles. The molecule has 0 atom stereocenters. The summed E-state index contributed by atoms with van der Waals surface area (Å²) < 4.78 is 8.11. The van der Waals surface area contributed by atoms with Gasteiger partial charge in [0, 0.05) is 63.0 Å². The average molecular weight is 700 g/mol. The van der Waals surface area contributed by atoms with Gasteiger partial charge in [0.15, 0.2) is 0 Å². The highest BCUT2D eigenvalue weighted by Crippen LogP contribution is 2.40. The van der Waals surface area contributed by atoms with Gasteiger partial charge in [0.1, 0.15) is 5.58 Å². The second-order valence-corrected chi connectivity index (χ2v) is 14.0. The summed E-state index contributed by atoms with van der Waals surface area (Å²) in [4.78, 5) is 9.34. The van der Waals surface area contributed by atoms with E-state index in [2.05, 4.69) is 142 Å². The van der Waals surface area contributed by atoms with Crippen molar-refractivity contribution in [2.75, 3.05) is 0 Å². The second-order valence-electron chi connectivity index (χ2n) is 14.0. The maximum absolute atomic E-state index is 5.84. The fraction of sp³-hybridized carbons (Fsp3) is 0.0870. The quantitative estimate of drug-likeness (QED) is 0.176. The normalized spacial score (nSPS) is 11.7. The summed E-state index contributed by atoms with van der Waals surface area (Å²) in [6, 6.07) is 28.6. The molecule has 4 aromatic carbocycles. The number of hydrogen-bond donors (Lipinski definition) is 0. The lowest BCUT2D eigenvalue weighted by molar-refractivity contribution is 0.616. The minimum Gasteiger partial charge on any atom is -0.464 e. The molecule has 6 heterocycles. The Bertz CT molecular complexity index is 2970. The molecule has 8 nitrogen and oxygen atoms in total. The standard InChI is InChI=1S/C46H33N7O/c1-26-28(3)41(34-15-36-22-49-51-24-43(36)47-20-34)7-5-39(26)32-14-33(18-38(17-32)53-11-9-30-13-31-10-12-54-46(31)19-45(30)53)40-6-8-42(29(4)27(40)2)35-16-37-23-50-52-25-44(37)48-21-35/h5-25H,1-4H3. The van der Waals surface area contributed by atoms with Gasteiger partial charge in [-0.2, -0.15) is 20.4 Å². The summed E-state index contributed by atoms with van der Waals surface area (Å²) in [6.45, 7) is 8.82. The molecule has 0 spiro atoms. The molecule has 0 saturated heterocycles. The van der Waals surface area contributed by atoms with Crippen LogP contribution in [0, 0.1) is 27.7 Å². The predicted octanol–water partition coefficient (Wildman–Crippen LogP) is 11.0. The third-order valence-electron chi connectivity index (χ3n) is 11.1. The zero-order chi connectivity index (χ0) is 36.5. The highest BCUT2D eigenvalue weighted by molar-refractivity contribution is 5.96. The van der Waals surface area contributed by atoms with Crippen molar-refractivity contribution < 1.29 is 4.42 Å². The van der Waals surface area contributed by atoms with Gasteiger partial charge in [-0.1, -0.05) is 24.3 Å². The number of rotatable bonds is 5. The number of nitrogens with zero attached hydrogens (tertiary/aromatic N) is 7. The molecule has 0 aliphatic rings. The first-order valence-corrected chi connectivity index (χ1v) is 17.9. The summed E-state index contributed by atoms with van der Waals surface area (Å²) in [5, 5.41) is 20.3. The van der Waals surface area contributed by atoms with Gasteiger partial charge in [-0.15, -0.1) is 0 Å². The van der Waals surface area contributed by atoms with E-state index < -0.39 is 0 Å². The molecule has 6 aromatic heterocycles. The first-order valence-electron chi connectivity index (χ1n) is 17.9. The molecule has 258 valence electrons. The molecule has 0 fully saturated rings. The Hall–Kier alpha value is -7.06. The summed E-state index contributed by atoms with van der Waals surface area (Å²) in [7, 11) is 0. The average Bonchev–Trinajstić information content (AvgIpc) is 3.85. The molecular weight excluding hydrogens is 667 g/mol. The molecule has 10 aromatic rings. The van der Waals surface area contributed by atoms with E-state index in [0.29, 0.717) is 0 Å².